The molecule has 1 N–H and O–H groups in total. The molecular formula is C21H29IN4S. The number of nitrogens with one attached hydrogen (secondary N) is 1. The van der Waals surface area contributed by atoms with Crippen molar-refractivity contribution in [2.75, 3.05) is 26.7 Å². The third-order valence-electron chi connectivity index (χ3n) is 5.72. The molecule has 0 amide bonds. The van der Waals surface area contributed by atoms with Crippen LogP contribution < -0.4 is 5.32 Å². The average molecular weight is 496 g/mol. The molecule has 2 unspecified atom stereocenters. The minimum absolute atomic E-state index is 0. The predicted molar refractivity (Wildman–Crippen MR) is 125 cm³/mol. The average Bonchev–Trinajstić information content (AvgIpc) is 3.33. The number of aromatic nitrogens is 1. The number of aliphatic imine (C=N–C) groups is 1. The summed E-state index contributed by atoms with van der Waals surface area (Å²) in [5, 5.41) is 6.84. The summed E-state index contributed by atoms with van der Waals surface area (Å²) in [5.41, 5.74) is 2.36. The molecular weight excluding hydrogens is 467 g/mol. The maximum absolute atomic E-state index is 4.78. The van der Waals surface area contributed by atoms with Crippen LogP contribution in [0.25, 0.3) is 10.6 Å². The van der Waals surface area contributed by atoms with Crippen molar-refractivity contribution in [2.24, 2.45) is 16.8 Å². The number of nitrogens with zero attached hydrogens (tertiary/aromatic N) is 3. The van der Waals surface area contributed by atoms with Gasteiger partial charge in [-0.2, -0.15) is 0 Å². The van der Waals surface area contributed by atoms with E-state index in [1.807, 2.05) is 13.1 Å². The summed E-state index contributed by atoms with van der Waals surface area (Å²) in [4.78, 5) is 11.8. The first-order chi connectivity index (χ1) is 12.8. The molecule has 0 radical (unpaired) electrons. The van der Waals surface area contributed by atoms with Crippen LogP contribution in [-0.4, -0.2) is 42.5 Å². The second-order valence-electron chi connectivity index (χ2n) is 7.44. The van der Waals surface area contributed by atoms with Crippen molar-refractivity contribution >= 4 is 41.3 Å². The zero-order valence-corrected chi connectivity index (χ0v) is 19.1. The fraction of sp³-hybridized carbons (Fsp3) is 0.524. The summed E-state index contributed by atoms with van der Waals surface area (Å²) in [6, 6.07) is 10.4. The second-order valence-corrected chi connectivity index (χ2v) is 8.30. The highest BCUT2D eigenvalue weighted by Gasteiger charge is 2.35. The van der Waals surface area contributed by atoms with Crippen molar-refractivity contribution in [1.82, 2.24) is 15.2 Å². The molecule has 0 bridgehead atoms. The Morgan fingerprint density at radius 3 is 2.56 bits per heavy atom. The van der Waals surface area contributed by atoms with Crippen LogP contribution in [0.4, 0.5) is 0 Å². The minimum atomic E-state index is 0. The molecule has 1 saturated heterocycles. The van der Waals surface area contributed by atoms with Crippen LogP contribution in [0.3, 0.4) is 0 Å². The lowest BCUT2D eigenvalue weighted by Crippen LogP contribution is -2.41. The fourth-order valence-corrected chi connectivity index (χ4v) is 5.21. The van der Waals surface area contributed by atoms with Gasteiger partial charge in [-0.25, -0.2) is 4.98 Å². The highest BCUT2D eigenvalue weighted by Crippen LogP contribution is 2.35. The summed E-state index contributed by atoms with van der Waals surface area (Å²) in [6.45, 7) is 3.24. The Balaban J connectivity index is 0.00000210. The minimum Gasteiger partial charge on any atom is -0.356 e. The predicted octanol–water partition coefficient (Wildman–Crippen LogP) is 4.67. The first-order valence-corrected chi connectivity index (χ1v) is 10.7. The molecule has 27 heavy (non-hydrogen) atoms. The van der Waals surface area contributed by atoms with Crippen LogP contribution in [0.1, 0.15) is 31.4 Å². The summed E-state index contributed by atoms with van der Waals surface area (Å²) in [7, 11) is 1.90. The molecule has 1 aliphatic carbocycles. The topological polar surface area (TPSA) is 40.5 Å². The van der Waals surface area contributed by atoms with E-state index in [1.54, 1.807) is 11.3 Å². The van der Waals surface area contributed by atoms with Gasteiger partial charge < -0.3 is 10.2 Å². The molecule has 2 atom stereocenters. The SMILES string of the molecule is CN=C(NCCc1csc(-c2ccccc2)n1)N1CC2CCCCC2C1.I. The van der Waals surface area contributed by atoms with Gasteiger partial charge in [0, 0.05) is 44.0 Å². The normalized spacial score (nSPS) is 22.3. The van der Waals surface area contributed by atoms with Crippen LogP contribution in [0.2, 0.25) is 0 Å². The number of benzene rings is 1. The molecule has 1 aliphatic heterocycles. The van der Waals surface area contributed by atoms with Gasteiger partial charge in [-0.15, -0.1) is 35.3 Å². The number of hydrogen-bond acceptors (Lipinski definition) is 3. The van der Waals surface area contributed by atoms with Crippen LogP contribution in [0.15, 0.2) is 40.7 Å². The number of fused-ring (bicyclic) bond motifs is 1. The lowest BCUT2D eigenvalue weighted by molar-refractivity contribution is 0.299. The van der Waals surface area contributed by atoms with E-state index in [4.69, 9.17) is 4.98 Å². The van der Waals surface area contributed by atoms with Gasteiger partial charge in [0.2, 0.25) is 0 Å². The molecule has 2 aromatic rings. The molecule has 1 aromatic heterocycles. The Kier molecular flexibility index (Phi) is 7.52. The quantitative estimate of drug-likeness (QED) is 0.380. The third-order valence-corrected chi connectivity index (χ3v) is 6.66. The Morgan fingerprint density at radius 2 is 1.89 bits per heavy atom. The number of thiazole rings is 1. The Morgan fingerprint density at radius 1 is 1.19 bits per heavy atom. The monoisotopic (exact) mass is 496 g/mol. The number of rotatable bonds is 4. The van der Waals surface area contributed by atoms with Crippen LogP contribution in [0.5, 0.6) is 0 Å². The largest absolute Gasteiger partial charge is 0.356 e. The number of hydrogen-bond donors (Lipinski definition) is 1. The van der Waals surface area contributed by atoms with Gasteiger partial charge in [-0.05, 0) is 24.7 Å². The van der Waals surface area contributed by atoms with Crippen molar-refractivity contribution in [1.29, 1.82) is 0 Å². The van der Waals surface area contributed by atoms with Crippen molar-refractivity contribution in [3.8, 4) is 10.6 Å². The van der Waals surface area contributed by atoms with E-state index in [2.05, 4.69) is 44.9 Å². The lowest BCUT2D eigenvalue weighted by atomic mass is 9.82. The van der Waals surface area contributed by atoms with Gasteiger partial charge in [-0.3, -0.25) is 4.99 Å². The van der Waals surface area contributed by atoms with Crippen molar-refractivity contribution < 1.29 is 0 Å². The lowest BCUT2D eigenvalue weighted by Gasteiger charge is -2.22. The highest BCUT2D eigenvalue weighted by molar-refractivity contribution is 14.0. The number of halogens is 1. The zero-order valence-electron chi connectivity index (χ0n) is 15.9. The van der Waals surface area contributed by atoms with Crippen LogP contribution in [-0.2, 0) is 6.42 Å². The maximum atomic E-state index is 4.78. The summed E-state index contributed by atoms with van der Waals surface area (Å²) < 4.78 is 0. The summed E-state index contributed by atoms with van der Waals surface area (Å²) in [6.07, 6.45) is 6.56. The highest BCUT2D eigenvalue weighted by atomic mass is 127. The van der Waals surface area contributed by atoms with Gasteiger partial charge in [0.05, 0.1) is 5.69 Å². The van der Waals surface area contributed by atoms with E-state index in [1.165, 1.54) is 44.3 Å². The molecule has 2 aliphatic rings. The zero-order chi connectivity index (χ0) is 17.8. The van der Waals surface area contributed by atoms with Crippen LogP contribution >= 0.6 is 35.3 Å². The Hall–Kier alpha value is -1.15. The maximum Gasteiger partial charge on any atom is 0.193 e. The second kappa shape index (κ2) is 9.87. The third kappa shape index (κ3) is 5.02. The molecule has 4 nitrogen and oxygen atoms in total. The molecule has 146 valence electrons. The van der Waals surface area contributed by atoms with Crippen LogP contribution in [0, 0.1) is 11.8 Å². The van der Waals surface area contributed by atoms with Gasteiger partial charge in [-0.1, -0.05) is 43.2 Å². The van der Waals surface area contributed by atoms with Gasteiger partial charge >= 0.3 is 0 Å². The summed E-state index contributed by atoms with van der Waals surface area (Å²) >= 11 is 1.73. The van der Waals surface area contributed by atoms with E-state index in [0.29, 0.717) is 0 Å². The molecule has 1 saturated carbocycles. The molecule has 2 heterocycles. The molecule has 1 aromatic carbocycles. The Labute approximate surface area is 183 Å². The van der Waals surface area contributed by atoms with E-state index < -0.39 is 0 Å². The van der Waals surface area contributed by atoms with E-state index >= 15 is 0 Å². The molecule has 0 spiro atoms. The van der Waals surface area contributed by atoms with Crippen molar-refractivity contribution in [2.45, 2.75) is 32.1 Å². The van der Waals surface area contributed by atoms with E-state index in [-0.39, 0.29) is 24.0 Å². The smallest absolute Gasteiger partial charge is 0.193 e. The van der Waals surface area contributed by atoms with E-state index in [9.17, 15) is 0 Å². The first kappa shape index (κ1) is 20.6. The molecule has 6 heteroatoms. The number of guanidine groups is 1. The van der Waals surface area contributed by atoms with Crippen molar-refractivity contribution in [3.63, 3.8) is 0 Å². The molecule has 4 rings (SSSR count). The van der Waals surface area contributed by atoms with Gasteiger partial charge in [0.1, 0.15) is 5.01 Å². The van der Waals surface area contributed by atoms with Gasteiger partial charge in [0.25, 0.3) is 0 Å². The van der Waals surface area contributed by atoms with Crippen molar-refractivity contribution in [3.05, 3.63) is 41.4 Å². The summed E-state index contributed by atoms with van der Waals surface area (Å²) in [5.74, 6) is 2.83. The first-order valence-electron chi connectivity index (χ1n) is 9.79. The van der Waals surface area contributed by atoms with Gasteiger partial charge in [0.15, 0.2) is 5.96 Å². The van der Waals surface area contributed by atoms with E-state index in [0.717, 1.165) is 41.5 Å². The number of likely N-dealkylation sites (tertiary alicyclic amines) is 1. The fourth-order valence-electron chi connectivity index (χ4n) is 4.35. The Bertz CT molecular complexity index is 732. The standard InChI is InChI=1S/C21H28N4S.HI/c1-22-21(25-13-17-9-5-6-10-18(17)14-25)23-12-11-19-15-26-20(24-19)16-7-3-2-4-8-16;/h2-4,7-8,15,17-18H,5-6,9-14H2,1H3,(H,22,23);1H. The molecule has 2 fully saturated rings.